The number of carbonyl (C=O) groups is 3. The van der Waals surface area contributed by atoms with E-state index in [1.807, 2.05) is 6.92 Å². The fourth-order valence-electron chi connectivity index (χ4n) is 8.88. The van der Waals surface area contributed by atoms with Crippen LogP contribution in [0.25, 0.3) is 0 Å². The minimum absolute atomic E-state index is 0.0976. The normalized spacial score (nSPS) is 45.4. The molecule has 11 atom stereocenters. The highest BCUT2D eigenvalue weighted by atomic mass is 16.4. The topological polar surface area (TPSA) is 112 Å². The van der Waals surface area contributed by atoms with Crippen LogP contribution in [0.1, 0.15) is 86.0 Å². The van der Waals surface area contributed by atoms with Gasteiger partial charge in [-0.3, -0.25) is 14.4 Å². The van der Waals surface area contributed by atoms with Gasteiger partial charge in [0.2, 0.25) is 0 Å². The molecule has 4 fully saturated rings. The summed E-state index contributed by atoms with van der Waals surface area (Å²) in [5.41, 5.74) is -0.449. The van der Waals surface area contributed by atoms with Crippen molar-refractivity contribution in [3.63, 3.8) is 0 Å². The van der Waals surface area contributed by atoms with Gasteiger partial charge in [0, 0.05) is 0 Å². The maximum absolute atomic E-state index is 11.6. The Kier molecular flexibility index (Phi) is 7.85. The van der Waals surface area contributed by atoms with Gasteiger partial charge in [-0.25, -0.2) is 0 Å². The van der Waals surface area contributed by atoms with E-state index in [1.165, 1.54) is 6.42 Å². The second-order valence-corrected chi connectivity index (χ2v) is 12.0. The third-order valence-corrected chi connectivity index (χ3v) is 9.88. The average Bonchev–Trinajstić information content (AvgIpc) is 3.44. The summed E-state index contributed by atoms with van der Waals surface area (Å²) >= 11 is 0. The molecule has 0 aromatic carbocycles. The lowest BCUT2D eigenvalue weighted by atomic mass is 9.66. The van der Waals surface area contributed by atoms with E-state index in [0.29, 0.717) is 35.5 Å². The first-order chi connectivity index (χ1) is 15.5. The molecule has 0 radical (unpaired) electrons. The number of rotatable bonds is 7. The first kappa shape index (κ1) is 26.0. The summed E-state index contributed by atoms with van der Waals surface area (Å²) in [4.78, 5) is 34.3. The molecule has 4 rings (SSSR count). The lowest BCUT2D eigenvalue weighted by Crippen LogP contribution is -2.43. The van der Waals surface area contributed by atoms with Gasteiger partial charge in [-0.05, 0) is 86.4 Å². The van der Waals surface area contributed by atoms with Crippen LogP contribution in [0.5, 0.6) is 0 Å². The number of carboxylic acids is 3. The lowest BCUT2D eigenvalue weighted by molar-refractivity contribution is -0.159. The summed E-state index contributed by atoms with van der Waals surface area (Å²) in [6.07, 6.45) is 8.40. The molecule has 4 aliphatic carbocycles. The summed E-state index contributed by atoms with van der Waals surface area (Å²) in [7, 11) is 0. The highest BCUT2D eigenvalue weighted by Gasteiger charge is 2.66. The third-order valence-electron chi connectivity index (χ3n) is 9.88. The van der Waals surface area contributed by atoms with E-state index in [0.717, 1.165) is 44.9 Å². The quantitative estimate of drug-likeness (QED) is 0.449. The standard InChI is InChI=1S/C16H24O4.C11H20O2/c1-3-4-8-5-7(2)11-9-6-10(12(8)11)14(16(19)20)13(9)15(17)18;1-4-5-9-6-8(2)7-11(9,3)10(12)13/h7-14H,3-6H2,1-2H3,(H,17,18)(H,19,20);8-9H,4-7H2,1-3H3,(H,12,13). The molecule has 0 aliphatic heterocycles. The first-order valence-corrected chi connectivity index (χ1v) is 13.2. The average molecular weight is 465 g/mol. The Bertz CT molecular complexity index is 749. The summed E-state index contributed by atoms with van der Waals surface area (Å²) in [5.74, 6) is -0.421. The van der Waals surface area contributed by atoms with E-state index in [-0.39, 0.29) is 11.8 Å². The van der Waals surface area contributed by atoms with Gasteiger partial charge in [0.15, 0.2) is 0 Å². The van der Waals surface area contributed by atoms with Crippen LogP contribution in [0.3, 0.4) is 0 Å². The summed E-state index contributed by atoms with van der Waals surface area (Å²) < 4.78 is 0. The molecule has 0 heterocycles. The van der Waals surface area contributed by atoms with Crippen molar-refractivity contribution in [1.82, 2.24) is 0 Å². The van der Waals surface area contributed by atoms with Crippen molar-refractivity contribution >= 4 is 17.9 Å². The van der Waals surface area contributed by atoms with E-state index < -0.39 is 35.2 Å². The van der Waals surface area contributed by atoms with Gasteiger partial charge in [0.1, 0.15) is 0 Å². The molecule has 6 heteroatoms. The zero-order valence-electron chi connectivity index (χ0n) is 21.0. The van der Waals surface area contributed by atoms with Crippen molar-refractivity contribution in [3.05, 3.63) is 0 Å². The monoisotopic (exact) mass is 464 g/mol. The maximum Gasteiger partial charge on any atom is 0.309 e. The Morgan fingerprint density at radius 3 is 1.85 bits per heavy atom. The molecule has 0 amide bonds. The van der Waals surface area contributed by atoms with Crippen LogP contribution in [0.4, 0.5) is 0 Å². The molecule has 0 saturated heterocycles. The lowest BCUT2D eigenvalue weighted by Gasteiger charge is -2.37. The molecule has 188 valence electrons. The second kappa shape index (κ2) is 9.95. The van der Waals surface area contributed by atoms with Gasteiger partial charge in [-0.1, -0.05) is 47.0 Å². The molecular weight excluding hydrogens is 420 g/mol. The summed E-state index contributed by atoms with van der Waals surface area (Å²) in [6, 6.07) is 0. The number of fused-ring (bicyclic) bond motifs is 5. The van der Waals surface area contributed by atoms with Crippen LogP contribution in [-0.4, -0.2) is 33.2 Å². The molecule has 0 spiro atoms. The van der Waals surface area contributed by atoms with Crippen LogP contribution < -0.4 is 0 Å². The first-order valence-electron chi connectivity index (χ1n) is 13.2. The number of aliphatic carboxylic acids is 3. The fraction of sp³-hybridized carbons (Fsp3) is 0.889. The molecule has 6 nitrogen and oxygen atoms in total. The van der Waals surface area contributed by atoms with E-state index in [4.69, 9.17) is 0 Å². The Balaban J connectivity index is 0.000000205. The predicted octanol–water partition coefficient (Wildman–Crippen LogP) is 5.65. The Labute approximate surface area is 198 Å². The molecule has 33 heavy (non-hydrogen) atoms. The second-order valence-electron chi connectivity index (χ2n) is 12.0. The van der Waals surface area contributed by atoms with Crippen molar-refractivity contribution in [2.45, 2.75) is 86.0 Å². The minimum atomic E-state index is -0.894. The van der Waals surface area contributed by atoms with Gasteiger partial charge in [0.05, 0.1) is 17.3 Å². The van der Waals surface area contributed by atoms with Gasteiger partial charge in [-0.2, -0.15) is 0 Å². The molecule has 2 bridgehead atoms. The molecule has 4 saturated carbocycles. The van der Waals surface area contributed by atoms with Crippen LogP contribution in [0.2, 0.25) is 0 Å². The van der Waals surface area contributed by atoms with E-state index in [2.05, 4.69) is 27.7 Å². The van der Waals surface area contributed by atoms with Crippen molar-refractivity contribution in [2.75, 3.05) is 0 Å². The van der Waals surface area contributed by atoms with E-state index in [1.54, 1.807) is 0 Å². The minimum Gasteiger partial charge on any atom is -0.481 e. The van der Waals surface area contributed by atoms with Crippen molar-refractivity contribution in [2.24, 2.45) is 64.6 Å². The summed E-state index contributed by atoms with van der Waals surface area (Å²) in [6.45, 7) is 10.6. The molecule has 11 unspecified atom stereocenters. The van der Waals surface area contributed by atoms with Gasteiger partial charge in [-0.15, -0.1) is 0 Å². The zero-order chi connectivity index (χ0) is 24.7. The number of hydrogen-bond donors (Lipinski definition) is 3. The SMILES string of the molecule is CCCC1CC(C)C2C3CC(C(C(=O)O)C3C(=O)O)C12.CCCC1CC(C)CC1(C)C(=O)O. The largest absolute Gasteiger partial charge is 0.481 e. The van der Waals surface area contributed by atoms with Crippen molar-refractivity contribution in [3.8, 4) is 0 Å². The Morgan fingerprint density at radius 1 is 0.818 bits per heavy atom. The number of carboxylic acid groups (broad SMARTS) is 3. The molecular formula is C27H44O6. The molecule has 3 N–H and O–H groups in total. The van der Waals surface area contributed by atoms with Crippen LogP contribution in [-0.2, 0) is 14.4 Å². The third kappa shape index (κ3) is 4.55. The number of hydrogen-bond acceptors (Lipinski definition) is 3. The van der Waals surface area contributed by atoms with Crippen molar-refractivity contribution in [1.29, 1.82) is 0 Å². The van der Waals surface area contributed by atoms with Crippen LogP contribution >= 0.6 is 0 Å². The molecule has 0 aromatic rings. The fourth-order valence-corrected chi connectivity index (χ4v) is 8.88. The highest BCUT2D eigenvalue weighted by molar-refractivity contribution is 5.82. The van der Waals surface area contributed by atoms with E-state index >= 15 is 0 Å². The molecule has 4 aliphatic rings. The van der Waals surface area contributed by atoms with Crippen molar-refractivity contribution < 1.29 is 29.7 Å². The predicted molar refractivity (Wildman–Crippen MR) is 126 cm³/mol. The van der Waals surface area contributed by atoms with Gasteiger partial charge >= 0.3 is 17.9 Å². The van der Waals surface area contributed by atoms with Crippen LogP contribution in [0, 0.1) is 64.6 Å². The molecule has 0 aromatic heterocycles. The maximum atomic E-state index is 11.6. The zero-order valence-corrected chi connectivity index (χ0v) is 21.0. The van der Waals surface area contributed by atoms with E-state index in [9.17, 15) is 29.7 Å². The highest BCUT2D eigenvalue weighted by Crippen LogP contribution is 2.67. The van der Waals surface area contributed by atoms with Gasteiger partial charge < -0.3 is 15.3 Å². The van der Waals surface area contributed by atoms with Crippen LogP contribution in [0.15, 0.2) is 0 Å². The smallest absolute Gasteiger partial charge is 0.309 e. The Morgan fingerprint density at radius 2 is 1.36 bits per heavy atom. The summed E-state index contributed by atoms with van der Waals surface area (Å²) in [5, 5.41) is 28.1. The Hall–Kier alpha value is -1.59. The van der Waals surface area contributed by atoms with Gasteiger partial charge in [0.25, 0.3) is 0 Å².